The maximum absolute atomic E-state index is 13.1. The molecule has 0 aliphatic carbocycles. The SMILES string of the molecule is O=c1[nH]c(CN(CCN2CCOCC2)CC(O)COCc2ccccc2)nc2scc(-c3ccccc3)c12. The van der Waals surface area contributed by atoms with Crippen molar-refractivity contribution in [1.29, 1.82) is 0 Å². The lowest BCUT2D eigenvalue weighted by atomic mass is 10.1. The number of aromatic amines is 1. The molecule has 2 N–H and O–H groups in total. The van der Waals surface area contributed by atoms with Crippen LogP contribution in [-0.2, 0) is 22.6 Å². The number of hydrogen-bond acceptors (Lipinski definition) is 8. The van der Waals surface area contributed by atoms with Gasteiger partial charge in [-0.2, -0.15) is 0 Å². The van der Waals surface area contributed by atoms with E-state index in [2.05, 4.69) is 14.8 Å². The number of morpholine rings is 1. The molecule has 2 aromatic carbocycles. The van der Waals surface area contributed by atoms with Gasteiger partial charge in [0.05, 0.1) is 44.5 Å². The van der Waals surface area contributed by atoms with Crippen LogP contribution < -0.4 is 5.56 Å². The van der Waals surface area contributed by atoms with Crippen molar-refractivity contribution >= 4 is 21.6 Å². The van der Waals surface area contributed by atoms with Gasteiger partial charge in [0.25, 0.3) is 5.56 Å². The molecule has 1 aliphatic heterocycles. The van der Waals surface area contributed by atoms with Gasteiger partial charge in [0.15, 0.2) is 0 Å². The van der Waals surface area contributed by atoms with Gasteiger partial charge in [-0.25, -0.2) is 4.98 Å². The first-order valence-electron chi connectivity index (χ1n) is 13.0. The molecule has 8 nitrogen and oxygen atoms in total. The van der Waals surface area contributed by atoms with Crippen molar-refractivity contribution < 1.29 is 14.6 Å². The number of hydrogen-bond donors (Lipinski definition) is 2. The van der Waals surface area contributed by atoms with Crippen LogP contribution in [0.1, 0.15) is 11.4 Å². The van der Waals surface area contributed by atoms with Gasteiger partial charge in [-0.1, -0.05) is 60.7 Å². The molecule has 200 valence electrons. The molecule has 38 heavy (non-hydrogen) atoms. The smallest absolute Gasteiger partial charge is 0.260 e. The Labute approximate surface area is 226 Å². The number of nitrogens with zero attached hydrogens (tertiary/aromatic N) is 3. The zero-order valence-electron chi connectivity index (χ0n) is 21.4. The van der Waals surface area contributed by atoms with Crippen molar-refractivity contribution in [3.63, 3.8) is 0 Å². The highest BCUT2D eigenvalue weighted by molar-refractivity contribution is 7.17. The Morgan fingerprint density at radius 3 is 2.61 bits per heavy atom. The van der Waals surface area contributed by atoms with E-state index in [9.17, 15) is 9.90 Å². The fourth-order valence-corrected chi connectivity index (χ4v) is 5.66. The molecule has 9 heteroatoms. The fraction of sp³-hybridized carbons (Fsp3) is 0.379. The normalized spacial score (nSPS) is 15.3. The van der Waals surface area contributed by atoms with Crippen LogP contribution in [-0.4, -0.2) is 83.5 Å². The molecule has 1 atom stereocenters. The van der Waals surface area contributed by atoms with Crippen LogP contribution in [0.4, 0.5) is 0 Å². The lowest BCUT2D eigenvalue weighted by molar-refractivity contribution is 0.00170. The van der Waals surface area contributed by atoms with Gasteiger partial charge < -0.3 is 19.6 Å². The number of benzene rings is 2. The predicted octanol–water partition coefficient (Wildman–Crippen LogP) is 3.36. The molecule has 2 aromatic heterocycles. The number of ether oxygens (including phenoxy) is 2. The minimum atomic E-state index is -0.662. The third-order valence-electron chi connectivity index (χ3n) is 6.68. The van der Waals surface area contributed by atoms with E-state index in [1.165, 1.54) is 11.3 Å². The van der Waals surface area contributed by atoms with Crippen LogP contribution in [0.15, 0.2) is 70.8 Å². The molecular formula is C29H34N4O4S. The number of nitrogens with one attached hydrogen (secondary N) is 1. The summed E-state index contributed by atoms with van der Waals surface area (Å²) in [5.74, 6) is 0.600. The monoisotopic (exact) mass is 534 g/mol. The number of aliphatic hydroxyl groups excluding tert-OH is 1. The topological polar surface area (TPSA) is 90.9 Å². The van der Waals surface area contributed by atoms with E-state index >= 15 is 0 Å². The first kappa shape index (κ1) is 26.7. The van der Waals surface area contributed by atoms with Crippen LogP contribution in [0.25, 0.3) is 21.3 Å². The summed E-state index contributed by atoms with van der Waals surface area (Å²) in [6.45, 7) is 6.40. The minimum Gasteiger partial charge on any atom is -0.389 e. The van der Waals surface area contributed by atoms with Crippen molar-refractivity contribution in [1.82, 2.24) is 19.8 Å². The molecule has 0 radical (unpaired) electrons. The zero-order valence-corrected chi connectivity index (χ0v) is 22.2. The Balaban J connectivity index is 1.27. The van der Waals surface area contributed by atoms with Crippen LogP contribution >= 0.6 is 11.3 Å². The van der Waals surface area contributed by atoms with Gasteiger partial charge in [-0.15, -0.1) is 11.3 Å². The lowest BCUT2D eigenvalue weighted by Gasteiger charge is -2.30. The molecule has 1 unspecified atom stereocenters. The van der Waals surface area contributed by atoms with Gasteiger partial charge in [0.2, 0.25) is 0 Å². The van der Waals surface area contributed by atoms with Crippen molar-refractivity contribution in [2.45, 2.75) is 19.3 Å². The standard InChI is InChI=1S/C29H34N4O4S/c34-24(20-37-19-22-7-3-1-4-8-22)17-33(12-11-32-13-15-36-16-14-32)18-26-30-28(35)27-25(21-38-29(27)31-26)23-9-5-2-6-10-23/h1-10,21,24,34H,11-20H2,(H,30,31,35). The van der Waals surface area contributed by atoms with Gasteiger partial charge >= 0.3 is 0 Å². The maximum atomic E-state index is 13.1. The molecule has 1 fully saturated rings. The van der Waals surface area contributed by atoms with Gasteiger partial charge in [-0.05, 0) is 11.1 Å². The van der Waals surface area contributed by atoms with Gasteiger partial charge in [0, 0.05) is 43.7 Å². The Morgan fingerprint density at radius 2 is 1.84 bits per heavy atom. The number of thiophene rings is 1. The van der Waals surface area contributed by atoms with E-state index in [1.54, 1.807) is 0 Å². The molecule has 0 spiro atoms. The number of aliphatic hydroxyl groups is 1. The average molecular weight is 535 g/mol. The summed E-state index contributed by atoms with van der Waals surface area (Å²) in [6.07, 6.45) is -0.662. The molecule has 5 rings (SSSR count). The lowest BCUT2D eigenvalue weighted by Crippen LogP contribution is -2.43. The summed E-state index contributed by atoms with van der Waals surface area (Å²) in [7, 11) is 0. The number of rotatable bonds is 12. The predicted molar refractivity (Wildman–Crippen MR) is 150 cm³/mol. The van der Waals surface area contributed by atoms with E-state index in [-0.39, 0.29) is 12.2 Å². The third-order valence-corrected chi connectivity index (χ3v) is 7.55. The highest BCUT2D eigenvalue weighted by Crippen LogP contribution is 2.30. The minimum absolute atomic E-state index is 0.134. The summed E-state index contributed by atoms with van der Waals surface area (Å²) in [4.78, 5) is 26.2. The molecule has 0 bridgehead atoms. The average Bonchev–Trinajstić information content (AvgIpc) is 3.38. The first-order valence-corrected chi connectivity index (χ1v) is 13.9. The van der Waals surface area contributed by atoms with Crippen molar-refractivity contribution in [2.75, 3.05) is 52.5 Å². The molecule has 3 heterocycles. The second kappa shape index (κ2) is 13.2. The third kappa shape index (κ3) is 7.13. The summed E-state index contributed by atoms with van der Waals surface area (Å²) < 4.78 is 11.2. The van der Waals surface area contributed by atoms with E-state index in [4.69, 9.17) is 14.5 Å². The Bertz CT molecular complexity index is 1340. The van der Waals surface area contributed by atoms with Crippen molar-refractivity contribution in [3.8, 4) is 11.1 Å². The van der Waals surface area contributed by atoms with Crippen LogP contribution in [0, 0.1) is 0 Å². The van der Waals surface area contributed by atoms with Crippen LogP contribution in [0.3, 0.4) is 0 Å². The molecule has 1 saturated heterocycles. The second-order valence-corrected chi connectivity index (χ2v) is 10.4. The summed E-state index contributed by atoms with van der Waals surface area (Å²) in [6, 6.07) is 19.8. The van der Waals surface area contributed by atoms with Crippen LogP contribution in [0.2, 0.25) is 0 Å². The van der Waals surface area contributed by atoms with E-state index in [1.807, 2.05) is 66.0 Å². The van der Waals surface area contributed by atoms with Gasteiger partial charge in [0.1, 0.15) is 10.7 Å². The first-order chi connectivity index (χ1) is 18.7. The Kier molecular flexibility index (Phi) is 9.29. The number of H-pyrrole nitrogens is 1. The van der Waals surface area contributed by atoms with E-state index in [0.29, 0.717) is 30.9 Å². The summed E-state index contributed by atoms with van der Waals surface area (Å²) in [5, 5.41) is 13.4. The van der Waals surface area contributed by atoms with E-state index < -0.39 is 6.10 Å². The van der Waals surface area contributed by atoms with Gasteiger partial charge in [-0.3, -0.25) is 14.6 Å². The molecular weight excluding hydrogens is 500 g/mol. The maximum Gasteiger partial charge on any atom is 0.260 e. The molecule has 0 saturated carbocycles. The van der Waals surface area contributed by atoms with Crippen LogP contribution in [0.5, 0.6) is 0 Å². The summed E-state index contributed by atoms with van der Waals surface area (Å²) in [5.41, 5.74) is 2.85. The summed E-state index contributed by atoms with van der Waals surface area (Å²) >= 11 is 1.48. The highest BCUT2D eigenvalue weighted by Gasteiger charge is 2.19. The molecule has 1 aliphatic rings. The Hall–Kier alpha value is -2.92. The fourth-order valence-electron chi connectivity index (χ4n) is 4.69. The van der Waals surface area contributed by atoms with E-state index in [0.717, 1.165) is 60.9 Å². The number of aromatic nitrogens is 2. The van der Waals surface area contributed by atoms with Crippen molar-refractivity contribution in [2.24, 2.45) is 0 Å². The highest BCUT2D eigenvalue weighted by atomic mass is 32.1. The quantitative estimate of drug-likeness (QED) is 0.288. The second-order valence-electron chi connectivity index (χ2n) is 9.55. The largest absolute Gasteiger partial charge is 0.389 e. The number of fused-ring (bicyclic) bond motifs is 1. The Morgan fingerprint density at radius 1 is 1.11 bits per heavy atom. The zero-order chi connectivity index (χ0) is 26.2. The van der Waals surface area contributed by atoms with Crippen molar-refractivity contribution in [3.05, 3.63) is 87.8 Å². The molecule has 0 amide bonds. The molecule has 4 aromatic rings.